The van der Waals surface area contributed by atoms with Crippen LogP contribution in [0.5, 0.6) is 5.75 Å². The number of phenolic OH excluding ortho intramolecular Hbond substituents is 1. The van der Waals surface area contributed by atoms with Crippen LogP contribution in [0, 0.1) is 0 Å². The molecule has 3 heterocycles. The van der Waals surface area contributed by atoms with Gasteiger partial charge in [-0.3, -0.25) is 9.78 Å². The lowest BCUT2D eigenvalue weighted by atomic mass is 10.1. The molecule has 0 saturated carbocycles. The zero-order chi connectivity index (χ0) is 17.2. The first-order valence-corrected chi connectivity index (χ1v) is 8.02. The molecule has 1 aliphatic rings. The first kappa shape index (κ1) is 15.3. The largest absolute Gasteiger partial charge is 0.507 e. The van der Waals surface area contributed by atoms with Gasteiger partial charge < -0.3 is 10.0 Å². The van der Waals surface area contributed by atoms with Gasteiger partial charge in [0.1, 0.15) is 12.1 Å². The Balaban J connectivity index is 1.62. The summed E-state index contributed by atoms with van der Waals surface area (Å²) in [7, 11) is 0. The summed E-state index contributed by atoms with van der Waals surface area (Å²) >= 11 is 0. The summed E-state index contributed by atoms with van der Waals surface area (Å²) in [6.45, 7) is 0.647. The predicted octanol–water partition coefficient (Wildman–Crippen LogP) is 1.74. The van der Waals surface area contributed by atoms with Gasteiger partial charge in [0, 0.05) is 18.8 Å². The monoisotopic (exact) mass is 336 g/mol. The molecule has 1 atom stereocenters. The predicted molar refractivity (Wildman–Crippen MR) is 88.1 cm³/mol. The average molecular weight is 336 g/mol. The van der Waals surface area contributed by atoms with Gasteiger partial charge >= 0.3 is 0 Å². The van der Waals surface area contributed by atoms with Crippen LogP contribution in [0.25, 0.3) is 5.69 Å². The van der Waals surface area contributed by atoms with E-state index in [9.17, 15) is 9.90 Å². The maximum atomic E-state index is 12.9. The Morgan fingerprint density at radius 1 is 1.24 bits per heavy atom. The van der Waals surface area contributed by atoms with Crippen molar-refractivity contribution >= 4 is 5.91 Å². The summed E-state index contributed by atoms with van der Waals surface area (Å²) < 4.78 is 1.42. The van der Waals surface area contributed by atoms with Crippen molar-refractivity contribution in [1.82, 2.24) is 30.1 Å². The van der Waals surface area contributed by atoms with Crippen molar-refractivity contribution in [2.24, 2.45) is 0 Å². The van der Waals surface area contributed by atoms with Crippen LogP contribution in [0.2, 0.25) is 0 Å². The fourth-order valence-corrected chi connectivity index (χ4v) is 3.17. The summed E-state index contributed by atoms with van der Waals surface area (Å²) in [6, 6.07) is 10.4. The molecule has 3 aromatic rings. The third-order valence-corrected chi connectivity index (χ3v) is 4.37. The van der Waals surface area contributed by atoms with E-state index in [0.717, 1.165) is 18.5 Å². The molecule has 25 heavy (non-hydrogen) atoms. The quantitative estimate of drug-likeness (QED) is 0.782. The highest BCUT2D eigenvalue weighted by molar-refractivity contribution is 5.97. The van der Waals surface area contributed by atoms with Crippen LogP contribution in [0.15, 0.2) is 48.9 Å². The number of hydrogen-bond acceptors (Lipinski definition) is 6. The van der Waals surface area contributed by atoms with E-state index in [0.29, 0.717) is 12.2 Å². The van der Waals surface area contributed by atoms with Crippen LogP contribution in [-0.2, 0) is 0 Å². The number of nitrogens with zero attached hydrogens (tertiary/aromatic N) is 6. The molecule has 0 unspecified atom stereocenters. The van der Waals surface area contributed by atoms with Gasteiger partial charge in [-0.2, -0.15) is 0 Å². The zero-order valence-corrected chi connectivity index (χ0v) is 13.4. The maximum absolute atomic E-state index is 12.9. The number of aromatic nitrogens is 5. The summed E-state index contributed by atoms with van der Waals surface area (Å²) in [5.74, 6) is -0.293. The highest BCUT2D eigenvalue weighted by Crippen LogP contribution is 2.33. The second-order valence-electron chi connectivity index (χ2n) is 5.87. The van der Waals surface area contributed by atoms with Crippen LogP contribution in [0.4, 0.5) is 0 Å². The number of amides is 1. The molecular weight excluding hydrogens is 320 g/mol. The third-order valence-electron chi connectivity index (χ3n) is 4.37. The van der Waals surface area contributed by atoms with Gasteiger partial charge in [-0.25, -0.2) is 4.68 Å². The van der Waals surface area contributed by atoms with Gasteiger partial charge in [0.2, 0.25) is 0 Å². The molecule has 1 saturated heterocycles. The highest BCUT2D eigenvalue weighted by atomic mass is 16.3. The van der Waals surface area contributed by atoms with Crippen molar-refractivity contribution < 1.29 is 9.90 Å². The smallest absolute Gasteiger partial charge is 0.258 e. The molecule has 2 aromatic heterocycles. The lowest BCUT2D eigenvalue weighted by molar-refractivity contribution is 0.0730. The number of pyridine rings is 1. The van der Waals surface area contributed by atoms with E-state index in [2.05, 4.69) is 20.5 Å². The van der Waals surface area contributed by atoms with Gasteiger partial charge in [0.05, 0.1) is 23.0 Å². The van der Waals surface area contributed by atoms with Crippen molar-refractivity contribution in [3.63, 3.8) is 0 Å². The number of carbonyl (C=O) groups is 1. The van der Waals surface area contributed by atoms with E-state index >= 15 is 0 Å². The van der Waals surface area contributed by atoms with Crippen LogP contribution in [-0.4, -0.2) is 47.6 Å². The summed E-state index contributed by atoms with van der Waals surface area (Å²) in [6.07, 6.45) is 4.94. The van der Waals surface area contributed by atoms with Crippen molar-refractivity contribution in [3.05, 3.63) is 60.2 Å². The molecular formula is C17H16N6O2. The Morgan fingerprint density at radius 2 is 2.16 bits per heavy atom. The molecule has 1 N–H and O–H groups in total. The van der Waals surface area contributed by atoms with Gasteiger partial charge in [-0.15, -0.1) is 5.10 Å². The van der Waals surface area contributed by atoms with Crippen molar-refractivity contribution in [2.75, 3.05) is 6.54 Å². The molecule has 8 nitrogen and oxygen atoms in total. The van der Waals surface area contributed by atoms with Crippen LogP contribution >= 0.6 is 0 Å². The molecule has 1 fully saturated rings. The molecule has 4 rings (SSSR count). The number of phenols is 1. The number of likely N-dealkylation sites (tertiary alicyclic amines) is 1. The maximum Gasteiger partial charge on any atom is 0.258 e. The molecule has 0 aliphatic carbocycles. The topological polar surface area (TPSA) is 97.0 Å². The van der Waals surface area contributed by atoms with E-state index in [1.54, 1.807) is 23.2 Å². The summed E-state index contributed by atoms with van der Waals surface area (Å²) in [5.41, 5.74) is 1.72. The lowest BCUT2D eigenvalue weighted by Gasteiger charge is -2.24. The van der Waals surface area contributed by atoms with Crippen molar-refractivity contribution in [2.45, 2.75) is 18.9 Å². The second-order valence-corrected chi connectivity index (χ2v) is 5.87. The lowest BCUT2D eigenvalue weighted by Crippen LogP contribution is -2.31. The Morgan fingerprint density at radius 3 is 2.88 bits per heavy atom. The van der Waals surface area contributed by atoms with Gasteiger partial charge in [0.25, 0.3) is 5.91 Å². The van der Waals surface area contributed by atoms with Crippen LogP contribution < -0.4 is 0 Å². The van der Waals surface area contributed by atoms with Gasteiger partial charge in [0.15, 0.2) is 0 Å². The Hall–Kier alpha value is -3.29. The van der Waals surface area contributed by atoms with E-state index in [-0.39, 0.29) is 23.3 Å². The Kier molecular flexibility index (Phi) is 3.85. The van der Waals surface area contributed by atoms with E-state index in [1.165, 1.54) is 17.1 Å². The summed E-state index contributed by atoms with van der Waals surface area (Å²) in [5, 5.41) is 21.2. The Bertz CT molecular complexity index is 881. The number of hydrogen-bond donors (Lipinski definition) is 1. The summed E-state index contributed by atoms with van der Waals surface area (Å²) in [4.78, 5) is 19.1. The zero-order valence-electron chi connectivity index (χ0n) is 13.4. The normalized spacial score (nSPS) is 17.0. The average Bonchev–Trinajstić information content (AvgIpc) is 3.33. The molecule has 0 radical (unpaired) electrons. The van der Waals surface area contributed by atoms with Crippen LogP contribution in [0.3, 0.4) is 0 Å². The van der Waals surface area contributed by atoms with Gasteiger partial charge in [-0.1, -0.05) is 6.07 Å². The SMILES string of the molecule is O=C(c1ccc(-n2cnnn2)cc1O)N1CCC[C@@H]1c1ccccn1. The highest BCUT2D eigenvalue weighted by Gasteiger charge is 2.32. The first-order chi connectivity index (χ1) is 12.2. The number of aromatic hydroxyl groups is 1. The molecule has 1 aliphatic heterocycles. The molecule has 1 aromatic carbocycles. The van der Waals surface area contributed by atoms with E-state index in [4.69, 9.17) is 0 Å². The van der Waals surface area contributed by atoms with E-state index < -0.39 is 0 Å². The number of carbonyl (C=O) groups excluding carboxylic acids is 1. The van der Waals surface area contributed by atoms with Crippen molar-refractivity contribution in [3.8, 4) is 11.4 Å². The standard InChI is InChI=1S/C17H16N6O2/c24-16-10-12(23-11-19-20-21-23)6-7-13(16)17(25)22-9-3-5-15(22)14-4-1-2-8-18-14/h1-2,4,6-8,10-11,15,24H,3,5,9H2/t15-/m1/s1. The van der Waals surface area contributed by atoms with Crippen LogP contribution in [0.1, 0.15) is 34.9 Å². The number of rotatable bonds is 3. The fourth-order valence-electron chi connectivity index (χ4n) is 3.17. The second kappa shape index (κ2) is 6.31. The fraction of sp³-hybridized carbons (Fsp3) is 0.235. The van der Waals surface area contributed by atoms with Crippen molar-refractivity contribution in [1.29, 1.82) is 0 Å². The number of tetrazole rings is 1. The minimum atomic E-state index is -0.200. The minimum Gasteiger partial charge on any atom is -0.507 e. The molecule has 0 bridgehead atoms. The molecule has 0 spiro atoms. The van der Waals surface area contributed by atoms with E-state index in [1.807, 2.05) is 18.2 Å². The molecule has 1 amide bonds. The minimum absolute atomic E-state index is 0.0627. The number of benzene rings is 1. The first-order valence-electron chi connectivity index (χ1n) is 8.02. The van der Waals surface area contributed by atoms with Gasteiger partial charge in [-0.05, 0) is 47.5 Å². The molecule has 126 valence electrons. The third kappa shape index (κ3) is 2.82. The molecule has 8 heteroatoms. The Labute approximate surface area is 143 Å².